The van der Waals surface area contributed by atoms with Crippen molar-refractivity contribution in [2.75, 3.05) is 24.5 Å². The second-order valence-corrected chi connectivity index (χ2v) is 7.63. The lowest BCUT2D eigenvalue weighted by molar-refractivity contribution is 0.508. The Morgan fingerprint density at radius 1 is 1.32 bits per heavy atom. The molecule has 0 aromatic carbocycles. The van der Waals surface area contributed by atoms with E-state index in [0.29, 0.717) is 17.6 Å². The second kappa shape index (κ2) is 8.77. The zero-order valence-corrected chi connectivity index (χ0v) is 17.0. The number of pyridine rings is 1. The number of rotatable bonds is 5. The highest BCUT2D eigenvalue weighted by atomic mass is 35.5. The molecule has 2 aliphatic rings. The molecule has 2 N–H and O–H groups in total. The number of halogens is 1. The van der Waals surface area contributed by atoms with Crippen LogP contribution in [0, 0.1) is 0 Å². The van der Waals surface area contributed by atoms with E-state index in [0.717, 1.165) is 62.4 Å². The first-order valence-electron chi connectivity index (χ1n) is 10.1. The van der Waals surface area contributed by atoms with Gasteiger partial charge in [-0.15, -0.1) is 10.2 Å². The number of guanidine groups is 1. The van der Waals surface area contributed by atoms with Gasteiger partial charge in [-0.2, -0.15) is 0 Å². The number of aryl methyl sites for hydroxylation is 1. The Morgan fingerprint density at radius 3 is 3.11 bits per heavy atom. The van der Waals surface area contributed by atoms with Crippen molar-refractivity contribution in [2.45, 2.75) is 51.7 Å². The van der Waals surface area contributed by atoms with E-state index < -0.39 is 0 Å². The van der Waals surface area contributed by atoms with E-state index in [-0.39, 0.29) is 0 Å². The summed E-state index contributed by atoms with van der Waals surface area (Å²) in [4.78, 5) is 11.4. The minimum Gasteiger partial charge on any atom is -0.357 e. The number of nitrogens with one attached hydrogen (secondary N) is 2. The Hall–Kier alpha value is -2.35. The molecule has 1 saturated heterocycles. The largest absolute Gasteiger partial charge is 0.357 e. The minimum absolute atomic E-state index is 0.295. The molecular formula is C19H27ClN8. The second-order valence-electron chi connectivity index (χ2n) is 7.22. The average Bonchev–Trinajstić information content (AvgIpc) is 3.34. The number of aromatic nitrogens is 4. The molecule has 0 bridgehead atoms. The van der Waals surface area contributed by atoms with E-state index >= 15 is 0 Å². The van der Waals surface area contributed by atoms with Gasteiger partial charge >= 0.3 is 0 Å². The van der Waals surface area contributed by atoms with Crippen LogP contribution in [0.25, 0.3) is 0 Å². The van der Waals surface area contributed by atoms with Gasteiger partial charge in [-0.05, 0) is 38.3 Å². The fourth-order valence-electron chi connectivity index (χ4n) is 3.83. The maximum absolute atomic E-state index is 6.30. The summed E-state index contributed by atoms with van der Waals surface area (Å²) in [6.45, 7) is 6.19. The molecule has 2 aromatic rings. The van der Waals surface area contributed by atoms with Gasteiger partial charge < -0.3 is 20.1 Å². The van der Waals surface area contributed by atoms with Crippen LogP contribution in [0.2, 0.25) is 5.02 Å². The Balaban J connectivity index is 1.39. The maximum atomic E-state index is 6.30. The van der Waals surface area contributed by atoms with Crippen molar-refractivity contribution in [1.82, 2.24) is 30.4 Å². The summed E-state index contributed by atoms with van der Waals surface area (Å²) in [5, 5.41) is 16.2. The molecule has 8 nitrogen and oxygen atoms in total. The van der Waals surface area contributed by atoms with Gasteiger partial charge in [0.25, 0.3) is 0 Å². The van der Waals surface area contributed by atoms with Crippen LogP contribution >= 0.6 is 11.6 Å². The van der Waals surface area contributed by atoms with Crippen LogP contribution in [-0.2, 0) is 19.5 Å². The number of anilines is 1. The number of hydrogen-bond donors (Lipinski definition) is 2. The molecule has 9 heteroatoms. The van der Waals surface area contributed by atoms with Crippen molar-refractivity contribution in [3.05, 3.63) is 35.0 Å². The summed E-state index contributed by atoms with van der Waals surface area (Å²) in [7, 11) is 0. The molecule has 0 radical (unpaired) electrons. The summed E-state index contributed by atoms with van der Waals surface area (Å²) in [6, 6.07) is 4.04. The van der Waals surface area contributed by atoms with Gasteiger partial charge in [0.2, 0.25) is 0 Å². The monoisotopic (exact) mass is 402 g/mol. The first-order chi connectivity index (χ1) is 13.7. The zero-order chi connectivity index (χ0) is 19.3. The molecule has 150 valence electrons. The van der Waals surface area contributed by atoms with E-state index in [9.17, 15) is 0 Å². The standard InChI is InChI=1S/C19H27ClN8/c1-2-21-19(23-12-17-26-25-16-7-3-4-10-28(16)17)24-14-8-11-27(13-14)18-15(20)6-5-9-22-18/h5-6,9,14H,2-4,7-8,10-13H2,1H3,(H2,21,23,24). The van der Waals surface area contributed by atoms with Crippen LogP contribution in [0.1, 0.15) is 37.8 Å². The van der Waals surface area contributed by atoms with Gasteiger partial charge in [-0.3, -0.25) is 0 Å². The summed E-state index contributed by atoms with van der Waals surface area (Å²) in [6.07, 6.45) is 6.20. The Kier molecular flexibility index (Phi) is 5.95. The van der Waals surface area contributed by atoms with Crippen molar-refractivity contribution in [2.24, 2.45) is 4.99 Å². The van der Waals surface area contributed by atoms with Gasteiger partial charge in [0.05, 0.1) is 5.02 Å². The van der Waals surface area contributed by atoms with E-state index in [1.807, 2.05) is 12.1 Å². The quantitative estimate of drug-likeness (QED) is 0.588. The van der Waals surface area contributed by atoms with Gasteiger partial charge in [-0.1, -0.05) is 11.6 Å². The van der Waals surface area contributed by atoms with Crippen LogP contribution in [-0.4, -0.2) is 51.4 Å². The summed E-state index contributed by atoms with van der Waals surface area (Å²) >= 11 is 6.30. The van der Waals surface area contributed by atoms with E-state index in [2.05, 4.69) is 42.2 Å². The molecular weight excluding hydrogens is 376 g/mol. The van der Waals surface area contributed by atoms with Crippen LogP contribution in [0.4, 0.5) is 5.82 Å². The van der Waals surface area contributed by atoms with E-state index in [4.69, 9.17) is 16.6 Å². The molecule has 1 unspecified atom stereocenters. The van der Waals surface area contributed by atoms with Crippen molar-refractivity contribution in [3.8, 4) is 0 Å². The van der Waals surface area contributed by atoms with Gasteiger partial charge in [0.15, 0.2) is 11.8 Å². The molecule has 0 spiro atoms. The fourth-order valence-corrected chi connectivity index (χ4v) is 4.07. The Bertz CT molecular complexity index is 833. The third-order valence-corrected chi connectivity index (χ3v) is 5.52. The molecule has 4 heterocycles. The summed E-state index contributed by atoms with van der Waals surface area (Å²) < 4.78 is 2.22. The molecule has 1 fully saturated rings. The number of nitrogens with zero attached hydrogens (tertiary/aromatic N) is 6. The van der Waals surface area contributed by atoms with Crippen LogP contribution in [0.3, 0.4) is 0 Å². The molecule has 4 rings (SSSR count). The molecule has 1 atom stereocenters. The van der Waals surface area contributed by atoms with Gasteiger partial charge in [0, 0.05) is 44.8 Å². The summed E-state index contributed by atoms with van der Waals surface area (Å²) in [5.74, 6) is 3.70. The molecule has 2 aliphatic heterocycles. The number of hydrogen-bond acceptors (Lipinski definition) is 5. The lowest BCUT2D eigenvalue weighted by Crippen LogP contribution is -2.44. The highest BCUT2D eigenvalue weighted by Gasteiger charge is 2.25. The highest BCUT2D eigenvalue weighted by Crippen LogP contribution is 2.25. The van der Waals surface area contributed by atoms with Crippen LogP contribution in [0.5, 0.6) is 0 Å². The third kappa shape index (κ3) is 4.22. The minimum atomic E-state index is 0.295. The van der Waals surface area contributed by atoms with Crippen molar-refractivity contribution < 1.29 is 0 Å². The molecule has 0 saturated carbocycles. The normalized spacial score (nSPS) is 19.6. The smallest absolute Gasteiger partial charge is 0.191 e. The molecule has 28 heavy (non-hydrogen) atoms. The predicted octanol–water partition coefficient (Wildman–Crippen LogP) is 2.00. The Morgan fingerprint density at radius 2 is 2.25 bits per heavy atom. The van der Waals surface area contributed by atoms with Crippen LogP contribution < -0.4 is 15.5 Å². The third-order valence-electron chi connectivity index (χ3n) is 5.23. The van der Waals surface area contributed by atoms with E-state index in [1.165, 1.54) is 12.8 Å². The van der Waals surface area contributed by atoms with Gasteiger partial charge in [0.1, 0.15) is 18.2 Å². The van der Waals surface area contributed by atoms with Crippen LogP contribution in [0.15, 0.2) is 23.3 Å². The number of aliphatic imine (C=N–C) groups is 1. The maximum Gasteiger partial charge on any atom is 0.191 e. The lowest BCUT2D eigenvalue weighted by atomic mass is 10.2. The first kappa shape index (κ1) is 19.0. The summed E-state index contributed by atoms with van der Waals surface area (Å²) in [5.41, 5.74) is 0. The predicted molar refractivity (Wildman–Crippen MR) is 111 cm³/mol. The van der Waals surface area contributed by atoms with Crippen molar-refractivity contribution in [3.63, 3.8) is 0 Å². The van der Waals surface area contributed by atoms with Crippen molar-refractivity contribution in [1.29, 1.82) is 0 Å². The van der Waals surface area contributed by atoms with Gasteiger partial charge in [-0.25, -0.2) is 9.98 Å². The molecule has 0 aliphatic carbocycles. The fraction of sp³-hybridized carbons (Fsp3) is 0.579. The molecule has 0 amide bonds. The Labute approximate surface area is 170 Å². The van der Waals surface area contributed by atoms with E-state index in [1.54, 1.807) is 6.20 Å². The average molecular weight is 403 g/mol. The topological polar surface area (TPSA) is 83.3 Å². The SMILES string of the molecule is CCNC(=NCc1nnc2n1CCCC2)NC1CCN(c2ncccc2Cl)C1. The highest BCUT2D eigenvalue weighted by molar-refractivity contribution is 6.32. The van der Waals surface area contributed by atoms with Crippen molar-refractivity contribution >= 4 is 23.4 Å². The number of fused-ring (bicyclic) bond motifs is 1. The molecule has 2 aromatic heterocycles. The first-order valence-corrected chi connectivity index (χ1v) is 10.4. The zero-order valence-electron chi connectivity index (χ0n) is 16.2. The lowest BCUT2D eigenvalue weighted by Gasteiger charge is -2.20.